The van der Waals surface area contributed by atoms with Gasteiger partial charge in [-0.3, -0.25) is 0 Å². The van der Waals surface area contributed by atoms with Gasteiger partial charge in [0.2, 0.25) is 0 Å². The summed E-state index contributed by atoms with van der Waals surface area (Å²) in [6.45, 7) is 0. The fraction of sp³-hybridized carbons (Fsp3) is 0. The molecule has 66 valence electrons. The van der Waals surface area contributed by atoms with Crippen molar-refractivity contribution in [3.05, 3.63) is 18.3 Å². The van der Waals surface area contributed by atoms with Gasteiger partial charge in [-0.2, -0.15) is 0 Å². The lowest BCUT2D eigenvalue weighted by Gasteiger charge is -1.88. The summed E-state index contributed by atoms with van der Waals surface area (Å²) in [5.41, 5.74) is 0.642. The number of ether oxygens (including phenoxy) is 1. The zero-order valence-electron chi connectivity index (χ0n) is 6.30. The van der Waals surface area contributed by atoms with Crippen LogP contribution in [-0.2, 0) is 0 Å². The first kappa shape index (κ1) is 7.93. The van der Waals surface area contributed by atoms with Gasteiger partial charge in [0.25, 0.3) is 5.19 Å². The van der Waals surface area contributed by atoms with Crippen LogP contribution in [0.25, 0.3) is 10.3 Å². The highest BCUT2D eigenvalue weighted by Gasteiger charge is 2.07. The minimum Gasteiger partial charge on any atom is -0.449 e. The number of carboxylic acid groups (broad SMARTS) is 1. The van der Waals surface area contributed by atoms with Crippen LogP contribution in [0.4, 0.5) is 4.79 Å². The van der Waals surface area contributed by atoms with Gasteiger partial charge < -0.3 is 9.84 Å². The fourth-order valence-corrected chi connectivity index (χ4v) is 1.62. The summed E-state index contributed by atoms with van der Waals surface area (Å²) in [5, 5.41) is 8.41. The minimum absolute atomic E-state index is 0.0983. The average Bonchev–Trinajstić information content (AvgIpc) is 2.44. The monoisotopic (exact) mass is 196 g/mol. The Morgan fingerprint density at radius 1 is 1.62 bits per heavy atom. The molecule has 0 aromatic carbocycles. The first-order valence-corrected chi connectivity index (χ1v) is 4.20. The first-order chi connectivity index (χ1) is 6.25. The van der Waals surface area contributed by atoms with Gasteiger partial charge in [-0.25, -0.2) is 14.8 Å². The molecule has 0 spiro atoms. The highest BCUT2D eigenvalue weighted by atomic mass is 32.1. The number of carbonyl (C=O) groups is 1. The van der Waals surface area contributed by atoms with E-state index in [0.29, 0.717) is 10.3 Å². The summed E-state index contributed by atoms with van der Waals surface area (Å²) in [5.74, 6) is 0. The standard InChI is InChI=1S/C7H4N2O3S/c10-7(11)12-6-9-4-2-1-3-8-5(4)13-6/h1-3H,(H,10,11). The number of fused-ring (bicyclic) bond motifs is 1. The highest BCUT2D eigenvalue weighted by Crippen LogP contribution is 2.25. The van der Waals surface area contributed by atoms with Crippen LogP contribution in [0.2, 0.25) is 0 Å². The molecule has 0 aliphatic rings. The number of nitrogens with zero attached hydrogens (tertiary/aromatic N) is 2. The Labute approximate surface area is 76.6 Å². The van der Waals surface area contributed by atoms with Crippen molar-refractivity contribution in [3.63, 3.8) is 0 Å². The van der Waals surface area contributed by atoms with Crippen LogP contribution < -0.4 is 4.74 Å². The molecule has 0 aliphatic heterocycles. The molecule has 0 atom stereocenters. The second kappa shape index (κ2) is 2.98. The molecule has 1 N–H and O–H groups in total. The molecule has 5 nitrogen and oxygen atoms in total. The van der Waals surface area contributed by atoms with Crippen LogP contribution >= 0.6 is 11.3 Å². The zero-order chi connectivity index (χ0) is 9.26. The van der Waals surface area contributed by atoms with Gasteiger partial charge in [0.15, 0.2) is 0 Å². The minimum atomic E-state index is -1.36. The largest absolute Gasteiger partial charge is 0.513 e. The lowest BCUT2D eigenvalue weighted by atomic mass is 10.5. The third-order valence-corrected chi connectivity index (χ3v) is 2.18. The van der Waals surface area contributed by atoms with E-state index in [1.807, 2.05) is 0 Å². The van der Waals surface area contributed by atoms with Gasteiger partial charge in [-0.1, -0.05) is 11.3 Å². The van der Waals surface area contributed by atoms with E-state index in [1.165, 1.54) is 0 Å². The van der Waals surface area contributed by atoms with E-state index in [4.69, 9.17) is 5.11 Å². The van der Waals surface area contributed by atoms with Crippen molar-refractivity contribution in [1.29, 1.82) is 0 Å². The third-order valence-electron chi connectivity index (χ3n) is 1.32. The van der Waals surface area contributed by atoms with Crippen molar-refractivity contribution in [3.8, 4) is 5.19 Å². The number of hydrogen-bond donors (Lipinski definition) is 1. The Bertz CT molecular complexity index is 421. The molecule has 0 bridgehead atoms. The molecule has 2 heterocycles. The lowest BCUT2D eigenvalue weighted by molar-refractivity contribution is 0.144. The van der Waals surface area contributed by atoms with Crippen molar-refractivity contribution >= 4 is 27.8 Å². The summed E-state index contributed by atoms with van der Waals surface area (Å²) in [6, 6.07) is 3.47. The fourth-order valence-electron chi connectivity index (χ4n) is 0.868. The Morgan fingerprint density at radius 2 is 2.46 bits per heavy atom. The molecular weight excluding hydrogens is 192 g/mol. The molecule has 2 aromatic heterocycles. The SMILES string of the molecule is O=C(O)Oc1nc2cccnc2s1. The maximum atomic E-state index is 10.2. The Hall–Kier alpha value is -1.69. The maximum Gasteiger partial charge on any atom is 0.513 e. The molecule has 6 heteroatoms. The summed E-state index contributed by atoms with van der Waals surface area (Å²) < 4.78 is 4.38. The van der Waals surface area contributed by atoms with Crippen LogP contribution in [-0.4, -0.2) is 21.2 Å². The van der Waals surface area contributed by atoms with Gasteiger partial charge >= 0.3 is 6.16 Å². The molecule has 2 rings (SSSR count). The summed E-state index contributed by atoms with van der Waals surface area (Å²) >= 11 is 1.10. The van der Waals surface area contributed by atoms with Crippen molar-refractivity contribution in [2.45, 2.75) is 0 Å². The molecule has 0 amide bonds. The third kappa shape index (κ3) is 1.57. The van der Waals surface area contributed by atoms with Gasteiger partial charge in [0.1, 0.15) is 10.3 Å². The summed E-state index contributed by atoms with van der Waals surface area (Å²) in [7, 11) is 0. The van der Waals surface area contributed by atoms with Crippen molar-refractivity contribution in [1.82, 2.24) is 9.97 Å². The van der Waals surface area contributed by atoms with E-state index >= 15 is 0 Å². The van der Waals surface area contributed by atoms with Crippen LogP contribution in [0.3, 0.4) is 0 Å². The Kier molecular flexibility index (Phi) is 1.82. The molecule has 0 saturated heterocycles. The number of hydrogen-bond acceptors (Lipinski definition) is 5. The highest BCUT2D eigenvalue weighted by molar-refractivity contribution is 7.19. The van der Waals surface area contributed by atoms with E-state index in [9.17, 15) is 4.79 Å². The average molecular weight is 196 g/mol. The molecule has 0 aliphatic carbocycles. The number of pyridine rings is 1. The molecule has 0 saturated carbocycles. The van der Waals surface area contributed by atoms with E-state index in [0.717, 1.165) is 11.3 Å². The lowest BCUT2D eigenvalue weighted by Crippen LogP contribution is -2.01. The molecule has 13 heavy (non-hydrogen) atoms. The normalized spacial score (nSPS) is 10.2. The molecular formula is C7H4N2O3S. The zero-order valence-corrected chi connectivity index (χ0v) is 7.11. The van der Waals surface area contributed by atoms with Crippen LogP contribution in [0, 0.1) is 0 Å². The van der Waals surface area contributed by atoms with Gasteiger partial charge in [0.05, 0.1) is 0 Å². The Morgan fingerprint density at radius 3 is 3.15 bits per heavy atom. The van der Waals surface area contributed by atoms with E-state index in [-0.39, 0.29) is 5.19 Å². The smallest absolute Gasteiger partial charge is 0.449 e. The Balaban J connectivity index is 2.44. The summed E-state index contributed by atoms with van der Waals surface area (Å²) in [4.78, 5) is 18.7. The first-order valence-electron chi connectivity index (χ1n) is 3.38. The van der Waals surface area contributed by atoms with Crippen LogP contribution in [0.1, 0.15) is 0 Å². The van der Waals surface area contributed by atoms with E-state index in [1.54, 1.807) is 18.3 Å². The van der Waals surface area contributed by atoms with E-state index in [2.05, 4.69) is 14.7 Å². The number of thiazole rings is 1. The van der Waals surface area contributed by atoms with E-state index < -0.39 is 6.16 Å². The second-order valence-electron chi connectivity index (χ2n) is 2.18. The molecule has 0 unspecified atom stereocenters. The van der Waals surface area contributed by atoms with Gasteiger partial charge in [-0.05, 0) is 12.1 Å². The molecule has 0 radical (unpaired) electrons. The topological polar surface area (TPSA) is 72.3 Å². The molecule has 0 fully saturated rings. The predicted molar refractivity (Wildman–Crippen MR) is 46.1 cm³/mol. The van der Waals surface area contributed by atoms with Crippen LogP contribution in [0.5, 0.6) is 5.19 Å². The summed E-state index contributed by atoms with van der Waals surface area (Å²) in [6.07, 6.45) is 0.254. The van der Waals surface area contributed by atoms with Crippen molar-refractivity contribution in [2.75, 3.05) is 0 Å². The second-order valence-corrected chi connectivity index (χ2v) is 3.12. The van der Waals surface area contributed by atoms with Gasteiger partial charge in [-0.15, -0.1) is 0 Å². The van der Waals surface area contributed by atoms with Gasteiger partial charge in [0, 0.05) is 6.20 Å². The maximum absolute atomic E-state index is 10.2. The number of aromatic nitrogens is 2. The predicted octanol–water partition coefficient (Wildman–Crippen LogP) is 1.75. The molecule has 2 aromatic rings. The van der Waals surface area contributed by atoms with Crippen molar-refractivity contribution in [2.24, 2.45) is 0 Å². The number of rotatable bonds is 1. The van der Waals surface area contributed by atoms with Crippen molar-refractivity contribution < 1.29 is 14.6 Å². The van der Waals surface area contributed by atoms with Crippen LogP contribution in [0.15, 0.2) is 18.3 Å². The quantitative estimate of drug-likeness (QED) is 0.703.